The molecule has 172 valence electrons. The van der Waals surface area contributed by atoms with Gasteiger partial charge in [0.1, 0.15) is 11.6 Å². The molecule has 0 aliphatic rings. The summed E-state index contributed by atoms with van der Waals surface area (Å²) in [6.45, 7) is 0.0450. The molecule has 2 heterocycles. The van der Waals surface area contributed by atoms with Crippen molar-refractivity contribution in [2.45, 2.75) is 19.5 Å². The standard InChI is InChI=1S/C22H19Cl2FN4O4/c1-27-19-18(20(31)28(22(27)32)9-2-10-30)29(12-13-3-5-14(23)6-4-13)21(26-19)33-15-7-8-16(24)17(25)11-15/h3-8,11,30H,2,9-10,12H2,1H3. The van der Waals surface area contributed by atoms with Gasteiger partial charge in [0.15, 0.2) is 11.2 Å². The van der Waals surface area contributed by atoms with E-state index in [0.29, 0.717) is 5.02 Å². The second-order valence-electron chi connectivity index (χ2n) is 7.33. The average molecular weight is 493 g/mol. The highest BCUT2D eigenvalue weighted by atomic mass is 35.5. The molecule has 4 aromatic rings. The molecule has 0 amide bonds. The number of rotatable bonds is 7. The number of aromatic nitrogens is 4. The third-order valence-electron chi connectivity index (χ3n) is 5.09. The van der Waals surface area contributed by atoms with Crippen molar-refractivity contribution in [1.82, 2.24) is 18.7 Å². The molecule has 0 bridgehead atoms. The van der Waals surface area contributed by atoms with Gasteiger partial charge in [-0.3, -0.25) is 18.5 Å². The Kier molecular flexibility index (Phi) is 6.55. The molecule has 0 spiro atoms. The van der Waals surface area contributed by atoms with Crippen LogP contribution in [0.5, 0.6) is 11.8 Å². The summed E-state index contributed by atoms with van der Waals surface area (Å²) in [6.07, 6.45) is 0.235. The number of halogens is 3. The summed E-state index contributed by atoms with van der Waals surface area (Å²) in [5, 5.41) is 9.65. The summed E-state index contributed by atoms with van der Waals surface area (Å²) in [7, 11) is 1.49. The number of imidazole rings is 1. The van der Waals surface area contributed by atoms with Gasteiger partial charge >= 0.3 is 11.7 Å². The summed E-state index contributed by atoms with van der Waals surface area (Å²) in [6, 6.07) is 10.9. The molecule has 0 saturated heterocycles. The first-order valence-corrected chi connectivity index (χ1v) is 10.7. The van der Waals surface area contributed by atoms with Crippen LogP contribution >= 0.6 is 23.2 Å². The van der Waals surface area contributed by atoms with Crippen molar-refractivity contribution in [2.75, 3.05) is 6.61 Å². The van der Waals surface area contributed by atoms with E-state index in [9.17, 15) is 14.0 Å². The van der Waals surface area contributed by atoms with Crippen LogP contribution in [-0.2, 0) is 20.1 Å². The Morgan fingerprint density at radius 1 is 1.09 bits per heavy atom. The fourth-order valence-electron chi connectivity index (χ4n) is 3.42. The van der Waals surface area contributed by atoms with Gasteiger partial charge in [-0.25, -0.2) is 9.18 Å². The Hall–Kier alpha value is -3.14. The maximum atomic E-state index is 14.0. The Labute approximate surface area is 197 Å². The van der Waals surface area contributed by atoms with Gasteiger partial charge in [-0.2, -0.15) is 4.98 Å². The topological polar surface area (TPSA) is 91.3 Å². The van der Waals surface area contributed by atoms with Gasteiger partial charge < -0.3 is 9.84 Å². The van der Waals surface area contributed by atoms with Gasteiger partial charge in [0.25, 0.3) is 5.56 Å². The summed E-state index contributed by atoms with van der Waals surface area (Å²) in [4.78, 5) is 30.4. The molecular weight excluding hydrogens is 474 g/mol. The Morgan fingerprint density at radius 3 is 2.48 bits per heavy atom. The average Bonchev–Trinajstić information content (AvgIpc) is 3.14. The molecule has 0 fully saturated rings. The first-order chi connectivity index (χ1) is 15.8. The molecule has 33 heavy (non-hydrogen) atoms. The summed E-state index contributed by atoms with van der Waals surface area (Å²) < 4.78 is 23.6. The third kappa shape index (κ3) is 4.52. The molecule has 0 radical (unpaired) electrons. The number of aryl methyl sites for hydroxylation is 1. The minimum atomic E-state index is -0.673. The molecule has 8 nitrogen and oxygen atoms in total. The van der Waals surface area contributed by atoms with Crippen LogP contribution in [0.15, 0.2) is 52.1 Å². The van der Waals surface area contributed by atoms with Gasteiger partial charge in [0.2, 0.25) is 0 Å². The van der Waals surface area contributed by atoms with E-state index in [1.807, 2.05) is 0 Å². The number of aliphatic hydroxyl groups excluding tert-OH is 1. The summed E-state index contributed by atoms with van der Waals surface area (Å²) in [5.41, 5.74) is -0.0969. The molecule has 0 unspecified atom stereocenters. The minimum absolute atomic E-state index is 0.00585. The second kappa shape index (κ2) is 9.38. The SMILES string of the molecule is Cn1c(=O)n(CCCO)c(=O)c2c1nc(Oc1ccc(Cl)c(F)c1)n2Cc1ccc(Cl)cc1. The zero-order valence-electron chi connectivity index (χ0n) is 17.5. The van der Waals surface area contributed by atoms with Gasteiger partial charge in [0, 0.05) is 31.3 Å². The molecule has 11 heteroatoms. The van der Waals surface area contributed by atoms with Crippen LogP contribution < -0.4 is 16.0 Å². The number of hydrogen-bond donors (Lipinski definition) is 1. The zero-order valence-corrected chi connectivity index (χ0v) is 19.0. The van der Waals surface area contributed by atoms with Gasteiger partial charge in [-0.15, -0.1) is 0 Å². The molecular formula is C22H19Cl2FN4O4. The smallest absolute Gasteiger partial charge is 0.332 e. The predicted octanol–water partition coefficient (Wildman–Crippen LogP) is 3.57. The van der Waals surface area contributed by atoms with Crippen molar-refractivity contribution in [3.05, 3.63) is 84.7 Å². The molecule has 0 aliphatic carbocycles. The quantitative estimate of drug-likeness (QED) is 0.425. The highest BCUT2D eigenvalue weighted by molar-refractivity contribution is 6.30. The van der Waals surface area contributed by atoms with Gasteiger partial charge in [-0.1, -0.05) is 35.3 Å². The van der Waals surface area contributed by atoms with Crippen molar-refractivity contribution in [1.29, 1.82) is 0 Å². The van der Waals surface area contributed by atoms with E-state index in [1.54, 1.807) is 24.3 Å². The number of aliphatic hydroxyl groups is 1. The number of benzene rings is 2. The van der Waals surface area contributed by atoms with Crippen LogP contribution in [0.2, 0.25) is 10.0 Å². The van der Waals surface area contributed by atoms with E-state index in [0.717, 1.165) is 16.2 Å². The molecule has 2 aromatic heterocycles. The van der Waals surface area contributed by atoms with E-state index in [-0.39, 0.29) is 54.1 Å². The van der Waals surface area contributed by atoms with Crippen molar-refractivity contribution >= 4 is 34.4 Å². The minimum Gasteiger partial charge on any atom is -0.425 e. The molecule has 2 aromatic carbocycles. The lowest BCUT2D eigenvalue weighted by Crippen LogP contribution is -2.39. The lowest BCUT2D eigenvalue weighted by molar-refractivity contribution is 0.277. The molecule has 1 N–H and O–H groups in total. The van der Waals surface area contributed by atoms with E-state index in [1.165, 1.54) is 28.3 Å². The van der Waals surface area contributed by atoms with Crippen molar-refractivity contribution in [2.24, 2.45) is 7.05 Å². The molecule has 0 aliphatic heterocycles. The van der Waals surface area contributed by atoms with Crippen LogP contribution in [0.1, 0.15) is 12.0 Å². The van der Waals surface area contributed by atoms with E-state index < -0.39 is 17.1 Å². The number of ether oxygens (including phenoxy) is 1. The van der Waals surface area contributed by atoms with Gasteiger partial charge in [-0.05, 0) is 36.2 Å². The predicted molar refractivity (Wildman–Crippen MR) is 123 cm³/mol. The van der Waals surface area contributed by atoms with Crippen molar-refractivity contribution in [3.63, 3.8) is 0 Å². The molecule has 4 rings (SSSR count). The number of nitrogens with zero attached hydrogens (tertiary/aromatic N) is 4. The van der Waals surface area contributed by atoms with Crippen LogP contribution in [0, 0.1) is 5.82 Å². The largest absolute Gasteiger partial charge is 0.425 e. The number of hydrogen-bond acceptors (Lipinski definition) is 5. The highest BCUT2D eigenvalue weighted by Crippen LogP contribution is 2.28. The summed E-state index contributed by atoms with van der Waals surface area (Å²) in [5.74, 6) is -0.552. The molecule has 0 atom stereocenters. The van der Waals surface area contributed by atoms with Gasteiger partial charge in [0.05, 0.1) is 11.6 Å². The van der Waals surface area contributed by atoms with Crippen LogP contribution in [0.3, 0.4) is 0 Å². The normalized spacial score (nSPS) is 11.3. The second-order valence-corrected chi connectivity index (χ2v) is 8.18. The van der Waals surface area contributed by atoms with Crippen LogP contribution in [-0.4, -0.2) is 30.4 Å². The zero-order chi connectivity index (χ0) is 23.7. The summed E-state index contributed by atoms with van der Waals surface area (Å²) >= 11 is 11.7. The lowest BCUT2D eigenvalue weighted by Gasteiger charge is -2.11. The maximum Gasteiger partial charge on any atom is 0.332 e. The first-order valence-electron chi connectivity index (χ1n) is 9.98. The maximum absolute atomic E-state index is 14.0. The monoisotopic (exact) mass is 492 g/mol. The van der Waals surface area contributed by atoms with Crippen LogP contribution in [0.4, 0.5) is 4.39 Å². The Balaban J connectivity index is 1.93. The third-order valence-corrected chi connectivity index (χ3v) is 5.65. The fraction of sp³-hybridized carbons (Fsp3) is 0.227. The van der Waals surface area contributed by atoms with E-state index in [2.05, 4.69) is 4.98 Å². The first kappa shape index (κ1) is 23.0. The Morgan fingerprint density at radius 2 is 1.82 bits per heavy atom. The van der Waals surface area contributed by atoms with Crippen molar-refractivity contribution in [3.8, 4) is 11.8 Å². The Bertz CT molecular complexity index is 1440. The molecule has 0 saturated carbocycles. The van der Waals surface area contributed by atoms with Crippen molar-refractivity contribution < 1.29 is 14.2 Å². The number of fused-ring (bicyclic) bond motifs is 1. The van der Waals surface area contributed by atoms with Crippen LogP contribution in [0.25, 0.3) is 11.2 Å². The van der Waals surface area contributed by atoms with E-state index >= 15 is 0 Å². The van der Waals surface area contributed by atoms with E-state index in [4.69, 9.17) is 33.0 Å². The highest BCUT2D eigenvalue weighted by Gasteiger charge is 2.22. The fourth-order valence-corrected chi connectivity index (χ4v) is 3.66. The lowest BCUT2D eigenvalue weighted by atomic mass is 10.2.